The summed E-state index contributed by atoms with van der Waals surface area (Å²) in [4.78, 5) is 12.8. The van der Waals surface area contributed by atoms with Crippen molar-refractivity contribution in [2.24, 2.45) is 5.73 Å². The Morgan fingerprint density at radius 1 is 0.733 bits per heavy atom. The molecular formula is C28H39NO. The van der Waals surface area contributed by atoms with Gasteiger partial charge in [-0.1, -0.05) is 118 Å². The summed E-state index contributed by atoms with van der Waals surface area (Å²) in [6, 6.07) is 20.1. The Morgan fingerprint density at radius 2 is 1.20 bits per heavy atom. The normalized spacial score (nSPS) is 11.8. The summed E-state index contributed by atoms with van der Waals surface area (Å²) in [6.07, 6.45) is 17.7. The van der Waals surface area contributed by atoms with Crippen LogP contribution in [0.25, 0.3) is 0 Å². The largest absolute Gasteiger partial charge is 0.369 e. The van der Waals surface area contributed by atoms with Gasteiger partial charge in [-0.25, -0.2) is 0 Å². The van der Waals surface area contributed by atoms with Gasteiger partial charge in [0, 0.05) is 0 Å². The van der Waals surface area contributed by atoms with Crippen molar-refractivity contribution in [2.45, 2.75) is 83.0 Å². The summed E-state index contributed by atoms with van der Waals surface area (Å²) in [5.41, 5.74) is 7.27. The van der Waals surface area contributed by atoms with E-state index in [0.717, 1.165) is 36.8 Å². The van der Waals surface area contributed by atoms with Crippen molar-refractivity contribution >= 4 is 5.91 Å². The molecule has 0 unspecified atom stereocenters. The molecule has 0 spiro atoms. The van der Waals surface area contributed by atoms with Crippen LogP contribution < -0.4 is 5.73 Å². The molecule has 2 nitrogen and oxygen atoms in total. The van der Waals surface area contributed by atoms with Gasteiger partial charge >= 0.3 is 0 Å². The highest BCUT2D eigenvalue weighted by Crippen LogP contribution is 2.37. The van der Waals surface area contributed by atoms with Crippen LogP contribution in [0.15, 0.2) is 72.8 Å². The summed E-state index contributed by atoms with van der Waals surface area (Å²) < 4.78 is 0. The van der Waals surface area contributed by atoms with Crippen LogP contribution in [0.4, 0.5) is 0 Å². The van der Waals surface area contributed by atoms with E-state index in [4.69, 9.17) is 5.73 Å². The maximum Gasteiger partial charge on any atom is 0.232 e. The van der Waals surface area contributed by atoms with Crippen molar-refractivity contribution in [3.05, 3.63) is 83.9 Å². The van der Waals surface area contributed by atoms with Crippen molar-refractivity contribution in [1.82, 2.24) is 0 Å². The molecule has 0 aromatic heterocycles. The van der Waals surface area contributed by atoms with E-state index in [0.29, 0.717) is 0 Å². The van der Waals surface area contributed by atoms with E-state index >= 15 is 0 Å². The molecule has 2 aromatic carbocycles. The third-order valence-electron chi connectivity index (χ3n) is 6.02. The van der Waals surface area contributed by atoms with Crippen LogP contribution in [0.2, 0.25) is 0 Å². The highest BCUT2D eigenvalue weighted by atomic mass is 16.1. The second-order valence-corrected chi connectivity index (χ2v) is 8.28. The lowest BCUT2D eigenvalue weighted by Crippen LogP contribution is -2.42. The highest BCUT2D eigenvalue weighted by Gasteiger charge is 2.39. The monoisotopic (exact) mass is 405 g/mol. The molecule has 0 radical (unpaired) electrons. The van der Waals surface area contributed by atoms with Gasteiger partial charge in [-0.15, -0.1) is 0 Å². The lowest BCUT2D eigenvalue weighted by atomic mass is 9.70. The second kappa shape index (κ2) is 13.8. The minimum Gasteiger partial charge on any atom is -0.369 e. The van der Waals surface area contributed by atoms with E-state index in [2.05, 4.69) is 19.1 Å². The molecule has 0 aliphatic carbocycles. The third-order valence-corrected chi connectivity index (χ3v) is 6.02. The number of primary amides is 1. The topological polar surface area (TPSA) is 43.1 Å². The van der Waals surface area contributed by atoms with Crippen LogP contribution in [-0.4, -0.2) is 5.91 Å². The van der Waals surface area contributed by atoms with Crippen molar-refractivity contribution in [3.63, 3.8) is 0 Å². The summed E-state index contributed by atoms with van der Waals surface area (Å²) in [7, 11) is 0. The quantitative estimate of drug-likeness (QED) is 0.245. The molecular weight excluding hydrogens is 366 g/mol. The van der Waals surface area contributed by atoms with Gasteiger partial charge in [-0.3, -0.25) is 4.79 Å². The second-order valence-electron chi connectivity index (χ2n) is 8.28. The molecule has 0 fully saturated rings. The summed E-state index contributed by atoms with van der Waals surface area (Å²) >= 11 is 0. The Kier molecular flexibility index (Phi) is 11.0. The zero-order valence-electron chi connectivity index (χ0n) is 18.7. The molecule has 0 aliphatic rings. The predicted molar refractivity (Wildman–Crippen MR) is 128 cm³/mol. The maximum atomic E-state index is 12.8. The molecule has 1 amide bonds. The molecule has 0 aliphatic heterocycles. The Bertz CT molecular complexity index is 696. The van der Waals surface area contributed by atoms with Crippen LogP contribution in [0.5, 0.6) is 0 Å². The van der Waals surface area contributed by atoms with Crippen LogP contribution >= 0.6 is 0 Å². The van der Waals surface area contributed by atoms with Crippen LogP contribution in [-0.2, 0) is 10.2 Å². The number of carbonyl (C=O) groups is 1. The maximum absolute atomic E-state index is 12.8. The van der Waals surface area contributed by atoms with Crippen LogP contribution in [0.3, 0.4) is 0 Å². The van der Waals surface area contributed by atoms with E-state index in [1.807, 2.05) is 60.7 Å². The van der Waals surface area contributed by atoms with E-state index in [-0.39, 0.29) is 5.91 Å². The molecule has 0 bridgehead atoms. The number of carbonyl (C=O) groups excluding carboxylic acids is 1. The molecule has 2 heteroatoms. The Balaban J connectivity index is 1.86. The number of hydrogen-bond acceptors (Lipinski definition) is 1. The molecule has 2 N–H and O–H groups in total. The fraction of sp³-hybridized carbons (Fsp3) is 0.464. The third kappa shape index (κ3) is 7.16. The predicted octanol–water partition coefficient (Wildman–Crippen LogP) is 7.33. The van der Waals surface area contributed by atoms with E-state index < -0.39 is 5.41 Å². The van der Waals surface area contributed by atoms with Crippen molar-refractivity contribution in [2.75, 3.05) is 0 Å². The molecule has 2 aromatic rings. The number of unbranched alkanes of at least 4 members (excludes halogenated alkanes) is 8. The summed E-state index contributed by atoms with van der Waals surface area (Å²) in [5.74, 6) is -0.258. The number of amides is 1. The van der Waals surface area contributed by atoms with Gasteiger partial charge in [0.05, 0.1) is 5.41 Å². The van der Waals surface area contributed by atoms with Gasteiger partial charge in [0.15, 0.2) is 0 Å². The highest BCUT2D eigenvalue weighted by molar-refractivity contribution is 5.90. The fourth-order valence-electron chi connectivity index (χ4n) is 4.24. The molecule has 0 heterocycles. The Labute approximate surface area is 183 Å². The minimum absolute atomic E-state index is 0.258. The number of allylic oxidation sites excluding steroid dienone is 2. The smallest absolute Gasteiger partial charge is 0.232 e. The number of rotatable bonds is 15. The first-order valence-electron chi connectivity index (χ1n) is 11.8. The van der Waals surface area contributed by atoms with Crippen LogP contribution in [0, 0.1) is 0 Å². The lowest BCUT2D eigenvalue weighted by Gasteiger charge is -2.32. The first-order valence-corrected chi connectivity index (χ1v) is 11.8. The number of benzene rings is 2. The first-order chi connectivity index (χ1) is 14.7. The fourth-order valence-corrected chi connectivity index (χ4v) is 4.24. The Morgan fingerprint density at radius 3 is 1.67 bits per heavy atom. The zero-order valence-corrected chi connectivity index (χ0v) is 18.7. The molecule has 0 saturated carbocycles. The number of nitrogens with two attached hydrogens (primary N) is 1. The van der Waals surface area contributed by atoms with Gasteiger partial charge in [0.25, 0.3) is 0 Å². The molecule has 30 heavy (non-hydrogen) atoms. The first kappa shape index (κ1) is 23.9. The van der Waals surface area contributed by atoms with Gasteiger partial charge in [-0.2, -0.15) is 0 Å². The van der Waals surface area contributed by atoms with Crippen molar-refractivity contribution in [3.8, 4) is 0 Å². The zero-order chi connectivity index (χ0) is 21.5. The van der Waals surface area contributed by atoms with Gasteiger partial charge in [-0.05, 0) is 43.2 Å². The van der Waals surface area contributed by atoms with Gasteiger partial charge < -0.3 is 5.73 Å². The minimum atomic E-state index is -0.749. The Hall–Kier alpha value is -2.35. The average molecular weight is 406 g/mol. The van der Waals surface area contributed by atoms with Crippen molar-refractivity contribution in [1.29, 1.82) is 0 Å². The number of hydrogen-bond donors (Lipinski definition) is 1. The molecule has 0 saturated heterocycles. The van der Waals surface area contributed by atoms with Gasteiger partial charge in [0.2, 0.25) is 5.91 Å². The van der Waals surface area contributed by atoms with E-state index in [9.17, 15) is 4.79 Å². The van der Waals surface area contributed by atoms with E-state index in [1.165, 1.54) is 44.9 Å². The van der Waals surface area contributed by atoms with Crippen molar-refractivity contribution < 1.29 is 4.79 Å². The summed E-state index contributed by atoms with van der Waals surface area (Å²) in [5, 5.41) is 0. The summed E-state index contributed by atoms with van der Waals surface area (Å²) in [6.45, 7) is 2.25. The van der Waals surface area contributed by atoms with Gasteiger partial charge in [0.1, 0.15) is 0 Å². The van der Waals surface area contributed by atoms with E-state index in [1.54, 1.807) is 0 Å². The standard InChI is InChI=1S/C28H39NO/c1-2-3-4-5-6-7-8-9-10-11-12-19-24-28(27(29)30,25-20-15-13-16-21-25)26-22-17-14-18-23-26/h7-8,13-18,20-23H,2-6,9-12,19,24H2,1H3,(H2,29,30). The lowest BCUT2D eigenvalue weighted by molar-refractivity contribution is -0.122. The molecule has 2 rings (SSSR count). The average Bonchev–Trinajstić information content (AvgIpc) is 2.78. The molecule has 162 valence electrons. The van der Waals surface area contributed by atoms with Crippen LogP contribution in [0.1, 0.15) is 88.7 Å². The SMILES string of the molecule is CCCCCCC=CCCCCCCC(C(N)=O)(c1ccccc1)c1ccccc1. The molecule has 0 atom stereocenters.